The number of hydrogen-bond donors (Lipinski definition) is 7. The highest BCUT2D eigenvalue weighted by atomic mass is 16.7. The predicted molar refractivity (Wildman–Crippen MR) is 169 cm³/mol. The molecule has 0 spiro atoms. The highest BCUT2D eigenvalue weighted by Crippen LogP contribution is 2.76. The van der Waals surface area contributed by atoms with Crippen LogP contribution in [0.15, 0.2) is 0 Å². The molecule has 0 amide bonds. The van der Waals surface area contributed by atoms with E-state index in [1.54, 1.807) is 0 Å². The number of aliphatic hydroxyl groups excluding tert-OH is 7. The maximum absolute atomic E-state index is 12.2. The standard InChI is InChI=1S/C36H62O10/c1-31(2)23(39)10-12-33(5)22-15-19(38)25-18(36(8)14-11-24(40)32(3,4)46-36)9-13-34(25,6)35(22,7)16-20(29(31)33)44-30-28(43)27(42)26(41)21(17-37)45-30/h18-30,37-43H,9-17H2,1-8H3/t18?,19-,20+,21-,22-,23+,24-,25?,26-,27+,28-,29?,30-,33-,34-,35-,36+/m1/s1. The van der Waals surface area contributed by atoms with Gasteiger partial charge in [0.2, 0.25) is 0 Å². The van der Waals surface area contributed by atoms with Crippen molar-refractivity contribution in [1.29, 1.82) is 0 Å². The Kier molecular flexibility index (Phi) is 8.71. The Morgan fingerprint density at radius 2 is 1.39 bits per heavy atom. The van der Waals surface area contributed by atoms with Crippen molar-refractivity contribution in [2.45, 2.75) is 173 Å². The smallest absolute Gasteiger partial charge is 0.186 e. The van der Waals surface area contributed by atoms with Crippen LogP contribution in [0.3, 0.4) is 0 Å². The minimum atomic E-state index is -1.54. The summed E-state index contributed by atoms with van der Waals surface area (Å²) in [6.45, 7) is 16.7. The Hall–Kier alpha value is -0.400. The third-order valence-electron chi connectivity index (χ3n) is 15.4. The molecule has 2 saturated heterocycles. The first kappa shape index (κ1) is 35.4. The monoisotopic (exact) mass is 654 g/mol. The number of fused-ring (bicyclic) bond motifs is 5. The molecule has 266 valence electrons. The number of ether oxygens (including phenoxy) is 3. The third-order valence-corrected chi connectivity index (χ3v) is 15.4. The van der Waals surface area contributed by atoms with Gasteiger partial charge in [0.15, 0.2) is 6.29 Å². The van der Waals surface area contributed by atoms with Crippen LogP contribution < -0.4 is 0 Å². The second-order valence-corrected chi connectivity index (χ2v) is 18.4. The molecule has 7 N–H and O–H groups in total. The maximum Gasteiger partial charge on any atom is 0.186 e. The first-order valence-corrected chi connectivity index (χ1v) is 17.9. The first-order chi connectivity index (χ1) is 21.2. The Morgan fingerprint density at radius 3 is 2.02 bits per heavy atom. The molecule has 6 fully saturated rings. The molecular weight excluding hydrogens is 592 g/mol. The molecule has 4 saturated carbocycles. The van der Waals surface area contributed by atoms with Gasteiger partial charge in [0.25, 0.3) is 0 Å². The summed E-state index contributed by atoms with van der Waals surface area (Å²) in [6, 6.07) is 0. The van der Waals surface area contributed by atoms with Gasteiger partial charge in [-0.1, -0.05) is 34.6 Å². The van der Waals surface area contributed by atoms with E-state index in [0.29, 0.717) is 25.7 Å². The van der Waals surface area contributed by atoms with E-state index in [0.717, 1.165) is 25.7 Å². The van der Waals surface area contributed by atoms with Gasteiger partial charge in [0, 0.05) is 0 Å². The van der Waals surface area contributed by atoms with Crippen LogP contribution in [0.2, 0.25) is 0 Å². The summed E-state index contributed by atoms with van der Waals surface area (Å²) in [6.07, 6.45) is -3.11. The van der Waals surface area contributed by atoms with Crippen molar-refractivity contribution in [2.75, 3.05) is 6.61 Å². The Balaban J connectivity index is 1.40. The van der Waals surface area contributed by atoms with Gasteiger partial charge in [-0.25, -0.2) is 0 Å². The molecule has 46 heavy (non-hydrogen) atoms. The Labute approximate surface area is 274 Å². The topological polar surface area (TPSA) is 169 Å². The first-order valence-electron chi connectivity index (χ1n) is 17.9. The molecule has 0 radical (unpaired) electrons. The molecule has 0 aromatic rings. The summed E-state index contributed by atoms with van der Waals surface area (Å²) in [5.74, 6) is 0.0667. The lowest BCUT2D eigenvalue weighted by Gasteiger charge is -2.72. The lowest BCUT2D eigenvalue weighted by atomic mass is 9.34. The van der Waals surface area contributed by atoms with E-state index >= 15 is 0 Å². The molecule has 6 aliphatic rings. The van der Waals surface area contributed by atoms with Gasteiger partial charge in [-0.2, -0.15) is 0 Å². The third kappa shape index (κ3) is 4.86. The molecule has 10 heteroatoms. The van der Waals surface area contributed by atoms with E-state index < -0.39 is 78.3 Å². The predicted octanol–water partition coefficient (Wildman–Crippen LogP) is 2.51. The highest BCUT2D eigenvalue weighted by Gasteiger charge is 2.74. The second-order valence-electron chi connectivity index (χ2n) is 18.4. The van der Waals surface area contributed by atoms with Crippen molar-refractivity contribution in [3.05, 3.63) is 0 Å². The van der Waals surface area contributed by atoms with Crippen LogP contribution in [0.1, 0.15) is 107 Å². The summed E-state index contributed by atoms with van der Waals surface area (Å²) in [4.78, 5) is 0. The van der Waals surface area contributed by atoms with E-state index in [1.165, 1.54) is 0 Å². The SMILES string of the molecule is CC1(C)O[C@](C)(C2CC[C@]3(C)C2[C@H](O)C[C@@H]2[C@@]4(C)CC[C@H](O)C(C)(C)C4[C@@H](O[C@@H]4O[C@H](CO)[C@@H](O)[C@H](O)[C@H]4O)C[C@]23C)CC[C@H]1O. The van der Waals surface area contributed by atoms with Crippen molar-refractivity contribution < 1.29 is 50.0 Å². The van der Waals surface area contributed by atoms with Gasteiger partial charge >= 0.3 is 0 Å². The van der Waals surface area contributed by atoms with E-state index in [1.807, 2.05) is 13.8 Å². The molecule has 0 bridgehead atoms. The summed E-state index contributed by atoms with van der Waals surface area (Å²) >= 11 is 0. The zero-order valence-corrected chi connectivity index (χ0v) is 29.2. The number of hydrogen-bond acceptors (Lipinski definition) is 10. The van der Waals surface area contributed by atoms with Crippen LogP contribution in [0.4, 0.5) is 0 Å². The van der Waals surface area contributed by atoms with E-state index in [-0.39, 0.29) is 39.9 Å². The number of aliphatic hydroxyl groups is 7. The van der Waals surface area contributed by atoms with Gasteiger partial charge in [-0.3, -0.25) is 0 Å². The number of rotatable bonds is 4. The minimum absolute atomic E-state index is 0.0277. The van der Waals surface area contributed by atoms with Gasteiger partial charge in [-0.15, -0.1) is 0 Å². The van der Waals surface area contributed by atoms with E-state index in [2.05, 4.69) is 41.5 Å². The zero-order valence-electron chi connectivity index (χ0n) is 29.2. The van der Waals surface area contributed by atoms with Crippen molar-refractivity contribution >= 4 is 0 Å². The molecule has 3 unspecified atom stereocenters. The van der Waals surface area contributed by atoms with Crippen LogP contribution in [0.25, 0.3) is 0 Å². The molecule has 4 aliphatic carbocycles. The molecule has 0 aromatic heterocycles. The minimum Gasteiger partial charge on any atom is -0.394 e. The van der Waals surface area contributed by atoms with E-state index in [4.69, 9.17) is 14.2 Å². The van der Waals surface area contributed by atoms with Crippen molar-refractivity contribution in [2.24, 2.45) is 45.3 Å². The van der Waals surface area contributed by atoms with Crippen LogP contribution >= 0.6 is 0 Å². The molecule has 2 aliphatic heterocycles. The van der Waals surface area contributed by atoms with Crippen molar-refractivity contribution in [1.82, 2.24) is 0 Å². The highest BCUT2D eigenvalue weighted by molar-refractivity contribution is 5.22. The molecule has 17 atom stereocenters. The van der Waals surface area contributed by atoms with Crippen LogP contribution in [0, 0.1) is 45.3 Å². The zero-order chi connectivity index (χ0) is 34.0. The van der Waals surface area contributed by atoms with Gasteiger partial charge < -0.3 is 50.0 Å². The molecule has 2 heterocycles. The fourth-order valence-corrected chi connectivity index (χ4v) is 12.8. The molecule has 10 nitrogen and oxygen atoms in total. The maximum atomic E-state index is 12.2. The largest absolute Gasteiger partial charge is 0.394 e. The quantitative estimate of drug-likeness (QED) is 0.224. The van der Waals surface area contributed by atoms with Crippen molar-refractivity contribution in [3.63, 3.8) is 0 Å². The Morgan fingerprint density at radius 1 is 0.739 bits per heavy atom. The molecule has 0 aromatic carbocycles. The average molecular weight is 655 g/mol. The Bertz CT molecular complexity index is 1150. The van der Waals surface area contributed by atoms with Gasteiger partial charge in [0.1, 0.15) is 24.4 Å². The fraction of sp³-hybridized carbons (Fsp3) is 1.00. The fourth-order valence-electron chi connectivity index (χ4n) is 12.8. The normalized spacial score (nSPS) is 58.1. The van der Waals surface area contributed by atoms with Gasteiger partial charge in [-0.05, 0) is 117 Å². The van der Waals surface area contributed by atoms with Crippen LogP contribution in [-0.4, -0.2) is 109 Å². The van der Waals surface area contributed by atoms with Gasteiger partial charge in [0.05, 0.1) is 42.2 Å². The molecular formula is C36H62O10. The van der Waals surface area contributed by atoms with Crippen molar-refractivity contribution in [3.8, 4) is 0 Å². The summed E-state index contributed by atoms with van der Waals surface area (Å²) in [5.41, 5.74) is -2.61. The second kappa shape index (κ2) is 11.3. The van der Waals surface area contributed by atoms with E-state index in [9.17, 15) is 35.7 Å². The lowest BCUT2D eigenvalue weighted by Crippen LogP contribution is -2.71. The lowest BCUT2D eigenvalue weighted by molar-refractivity contribution is -0.347. The van der Waals surface area contributed by atoms with Crippen LogP contribution in [-0.2, 0) is 14.2 Å². The summed E-state index contributed by atoms with van der Waals surface area (Å²) in [7, 11) is 0. The average Bonchev–Trinajstić information content (AvgIpc) is 3.35. The van der Waals surface area contributed by atoms with Crippen LogP contribution in [0.5, 0.6) is 0 Å². The summed E-state index contributed by atoms with van der Waals surface area (Å²) in [5, 5.41) is 76.3. The molecule has 6 rings (SSSR count). The summed E-state index contributed by atoms with van der Waals surface area (Å²) < 4.78 is 19.4.